The Morgan fingerprint density at radius 1 is 0.950 bits per heavy atom. The normalized spacial score (nSPS) is 22.7. The van der Waals surface area contributed by atoms with E-state index in [9.17, 15) is 22.0 Å². The summed E-state index contributed by atoms with van der Waals surface area (Å²) >= 11 is 0. The van der Waals surface area contributed by atoms with E-state index in [-0.39, 0.29) is 36.6 Å². The Balaban J connectivity index is 1.27. The Hall–Kier alpha value is -2.86. The molecule has 4 fully saturated rings. The molecule has 0 radical (unpaired) electrons. The number of benzene rings is 1. The van der Waals surface area contributed by atoms with Gasteiger partial charge in [-0.2, -0.15) is 4.98 Å². The van der Waals surface area contributed by atoms with Crippen molar-refractivity contribution in [2.75, 3.05) is 61.4 Å². The summed E-state index contributed by atoms with van der Waals surface area (Å²) in [7, 11) is -1.62. The molecule has 1 saturated carbocycles. The van der Waals surface area contributed by atoms with E-state index in [0.29, 0.717) is 41.4 Å². The summed E-state index contributed by atoms with van der Waals surface area (Å²) in [5, 5.41) is 2.42. The van der Waals surface area contributed by atoms with E-state index in [2.05, 4.69) is 20.2 Å². The number of halogens is 2. The van der Waals surface area contributed by atoms with Gasteiger partial charge in [0, 0.05) is 63.9 Å². The van der Waals surface area contributed by atoms with Gasteiger partial charge in [-0.3, -0.25) is 4.79 Å². The lowest BCUT2D eigenvalue weighted by atomic mass is 9.93. The highest BCUT2D eigenvalue weighted by molar-refractivity contribution is 7.92. The maximum absolute atomic E-state index is 13.7. The number of nitrogens with one attached hydrogen (secondary N) is 1. The van der Waals surface area contributed by atoms with Crippen LogP contribution in [0.5, 0.6) is 0 Å². The van der Waals surface area contributed by atoms with Crippen molar-refractivity contribution in [3.05, 3.63) is 35.5 Å². The lowest BCUT2D eigenvalue weighted by molar-refractivity contribution is -0.0222. The van der Waals surface area contributed by atoms with Crippen LogP contribution in [0.1, 0.15) is 54.6 Å². The monoisotopic (exact) mass is 574 g/mol. The number of anilines is 3. The fourth-order valence-corrected chi connectivity index (χ4v) is 7.87. The fourth-order valence-electron chi connectivity index (χ4n) is 6.05. The number of amides is 1. The second kappa shape index (κ2) is 9.90. The van der Waals surface area contributed by atoms with Crippen molar-refractivity contribution in [2.24, 2.45) is 5.41 Å². The molecule has 216 valence electrons. The van der Waals surface area contributed by atoms with Crippen LogP contribution in [0.3, 0.4) is 0 Å². The maximum Gasteiger partial charge on any atom is 0.258 e. The number of hydrogen-bond acceptors (Lipinski definition) is 8. The molecule has 1 spiro atoms. The lowest BCUT2D eigenvalue weighted by Gasteiger charge is -2.37. The number of sulfone groups is 1. The SMILES string of the molecule is Cc1cc(NC(=O)c2ccc(S(=O)(=O)C3CN(C)C3)cc2N2CCC3(CC2)CC3)nc(N2CCC(F)(F)CC2)n1. The topological polar surface area (TPSA) is 98.7 Å². The second-order valence-corrected chi connectivity index (χ2v) is 14.3. The Morgan fingerprint density at radius 2 is 1.60 bits per heavy atom. The van der Waals surface area contributed by atoms with Crippen LogP contribution in [0.4, 0.5) is 26.2 Å². The first-order chi connectivity index (χ1) is 18.9. The number of aromatic nitrogens is 2. The predicted molar refractivity (Wildman–Crippen MR) is 149 cm³/mol. The average molecular weight is 575 g/mol. The summed E-state index contributed by atoms with van der Waals surface area (Å²) in [5.74, 6) is -2.50. The molecule has 3 aliphatic heterocycles. The van der Waals surface area contributed by atoms with Crippen molar-refractivity contribution in [3.8, 4) is 0 Å². The zero-order valence-electron chi connectivity index (χ0n) is 23.0. The van der Waals surface area contributed by atoms with Crippen molar-refractivity contribution < 1.29 is 22.0 Å². The van der Waals surface area contributed by atoms with Gasteiger partial charge in [0.2, 0.25) is 5.95 Å². The number of alkyl halides is 2. The van der Waals surface area contributed by atoms with Gasteiger partial charge in [0.25, 0.3) is 11.8 Å². The number of aryl methyl sites for hydroxylation is 1. The molecule has 3 saturated heterocycles. The molecule has 2 aromatic rings. The largest absolute Gasteiger partial charge is 0.371 e. The summed E-state index contributed by atoms with van der Waals surface area (Å²) < 4.78 is 54.0. The highest BCUT2D eigenvalue weighted by atomic mass is 32.2. The van der Waals surface area contributed by atoms with Gasteiger partial charge in [0.05, 0.1) is 21.4 Å². The fraction of sp³-hybridized carbons (Fsp3) is 0.607. The number of carbonyl (C=O) groups excluding carboxylic acids is 1. The van der Waals surface area contributed by atoms with Gasteiger partial charge in [-0.1, -0.05) is 0 Å². The van der Waals surface area contributed by atoms with Gasteiger partial charge < -0.3 is 20.0 Å². The van der Waals surface area contributed by atoms with E-state index in [1.807, 2.05) is 11.9 Å². The van der Waals surface area contributed by atoms with Crippen LogP contribution in [-0.4, -0.2) is 86.7 Å². The maximum atomic E-state index is 13.7. The number of likely N-dealkylation sites (tertiary alicyclic amines) is 1. The molecule has 0 atom stereocenters. The predicted octanol–water partition coefficient (Wildman–Crippen LogP) is 3.74. The molecule has 9 nitrogen and oxygen atoms in total. The smallest absolute Gasteiger partial charge is 0.258 e. The Morgan fingerprint density at radius 3 is 2.23 bits per heavy atom. The molecule has 1 aliphatic carbocycles. The van der Waals surface area contributed by atoms with Crippen molar-refractivity contribution >= 4 is 33.2 Å². The van der Waals surface area contributed by atoms with Gasteiger partial charge in [-0.05, 0) is 63.3 Å². The number of nitrogens with zero attached hydrogens (tertiary/aromatic N) is 5. The molecule has 1 amide bonds. The summed E-state index contributed by atoms with van der Waals surface area (Å²) in [6, 6.07) is 6.44. The van der Waals surface area contributed by atoms with Crippen LogP contribution >= 0.6 is 0 Å². The summed E-state index contributed by atoms with van der Waals surface area (Å²) in [6.45, 7) is 4.57. The number of piperidine rings is 2. The minimum atomic E-state index is -3.52. The number of hydrogen-bond donors (Lipinski definition) is 1. The van der Waals surface area contributed by atoms with Gasteiger partial charge >= 0.3 is 0 Å². The first kappa shape index (κ1) is 27.3. The quantitative estimate of drug-likeness (QED) is 0.557. The molecule has 1 aromatic heterocycles. The molecule has 6 rings (SSSR count). The summed E-state index contributed by atoms with van der Waals surface area (Å²) in [5.41, 5.74) is 2.03. The summed E-state index contributed by atoms with van der Waals surface area (Å²) in [4.78, 5) is 28.6. The van der Waals surface area contributed by atoms with Crippen LogP contribution in [0.25, 0.3) is 0 Å². The molecule has 0 bridgehead atoms. The lowest BCUT2D eigenvalue weighted by Crippen LogP contribution is -2.52. The standard InChI is InChI=1S/C28H36F2N6O3S/c1-19-15-24(33-26(31-19)36-13-9-28(29,30)10-14-36)32-25(37)22-4-3-20(40(38,39)21-17-34(2)18-21)16-23(22)35-11-7-27(5-6-27)8-12-35/h3-4,15-16,21H,5-14,17-18H2,1-2H3,(H,31,32,33,37). The highest BCUT2D eigenvalue weighted by Gasteiger charge is 2.45. The Labute approximate surface area is 233 Å². The highest BCUT2D eigenvalue weighted by Crippen LogP contribution is 2.54. The Bertz CT molecular complexity index is 1410. The third-order valence-electron chi connectivity index (χ3n) is 9.00. The van der Waals surface area contributed by atoms with E-state index in [4.69, 9.17) is 0 Å². The van der Waals surface area contributed by atoms with E-state index < -0.39 is 26.9 Å². The molecule has 1 aromatic carbocycles. The van der Waals surface area contributed by atoms with Crippen LogP contribution in [0, 0.1) is 12.3 Å². The molecule has 1 N–H and O–H groups in total. The van der Waals surface area contributed by atoms with E-state index in [1.165, 1.54) is 18.9 Å². The van der Waals surface area contributed by atoms with E-state index >= 15 is 0 Å². The van der Waals surface area contributed by atoms with Crippen molar-refractivity contribution in [2.45, 2.75) is 61.5 Å². The number of rotatable bonds is 6. The van der Waals surface area contributed by atoms with E-state index in [1.54, 1.807) is 30.0 Å². The van der Waals surface area contributed by atoms with Crippen LogP contribution < -0.4 is 15.1 Å². The first-order valence-electron chi connectivity index (χ1n) is 14.0. The van der Waals surface area contributed by atoms with Gasteiger partial charge in [0.15, 0.2) is 9.84 Å². The first-order valence-corrected chi connectivity index (χ1v) is 15.6. The minimum absolute atomic E-state index is 0.136. The second-order valence-electron chi connectivity index (χ2n) is 12.0. The number of carbonyl (C=O) groups is 1. The molecular formula is C28H36F2N6O3S. The van der Waals surface area contributed by atoms with Crippen LogP contribution in [0.15, 0.2) is 29.2 Å². The van der Waals surface area contributed by atoms with Gasteiger partial charge in [0.1, 0.15) is 5.82 Å². The molecular weight excluding hydrogens is 538 g/mol. The zero-order chi connectivity index (χ0) is 28.3. The molecule has 4 heterocycles. The summed E-state index contributed by atoms with van der Waals surface area (Å²) in [6.07, 6.45) is 4.01. The molecule has 12 heteroatoms. The van der Waals surface area contributed by atoms with Crippen molar-refractivity contribution in [1.29, 1.82) is 0 Å². The van der Waals surface area contributed by atoms with E-state index in [0.717, 1.165) is 25.9 Å². The van der Waals surface area contributed by atoms with Crippen molar-refractivity contribution in [3.63, 3.8) is 0 Å². The molecule has 0 unspecified atom stereocenters. The molecule has 40 heavy (non-hydrogen) atoms. The third kappa shape index (κ3) is 5.39. The van der Waals surface area contributed by atoms with Crippen LogP contribution in [-0.2, 0) is 9.84 Å². The van der Waals surface area contributed by atoms with Gasteiger partial charge in [-0.25, -0.2) is 22.2 Å². The molecule has 4 aliphatic rings. The van der Waals surface area contributed by atoms with Crippen LogP contribution in [0.2, 0.25) is 0 Å². The van der Waals surface area contributed by atoms with Gasteiger partial charge in [-0.15, -0.1) is 0 Å². The average Bonchev–Trinajstić information content (AvgIpc) is 3.65. The Kier molecular flexibility index (Phi) is 6.76. The zero-order valence-corrected chi connectivity index (χ0v) is 23.8. The third-order valence-corrected chi connectivity index (χ3v) is 11.1. The minimum Gasteiger partial charge on any atom is -0.371 e. The van der Waals surface area contributed by atoms with Crippen molar-refractivity contribution in [1.82, 2.24) is 14.9 Å².